The van der Waals surface area contributed by atoms with Crippen molar-refractivity contribution in [2.45, 2.75) is 23.8 Å². The van der Waals surface area contributed by atoms with Gasteiger partial charge in [-0.1, -0.05) is 12.1 Å². The van der Waals surface area contributed by atoms with Gasteiger partial charge in [-0.15, -0.1) is 0 Å². The number of sulfonamides is 1. The molecular weight excluding hydrogens is 408 g/mol. The summed E-state index contributed by atoms with van der Waals surface area (Å²) in [6.45, 7) is 0.454. The SMILES string of the molecule is COC(=O)C1CCCN1C(=O)c1ccc(S(=O)(=O)N(C)c2ccccc2OC)cc1. The monoisotopic (exact) mass is 432 g/mol. The number of methoxy groups -OCH3 is 2. The van der Waals surface area contributed by atoms with E-state index in [9.17, 15) is 18.0 Å². The van der Waals surface area contributed by atoms with E-state index in [2.05, 4.69) is 0 Å². The predicted molar refractivity (Wildman–Crippen MR) is 111 cm³/mol. The van der Waals surface area contributed by atoms with Gasteiger partial charge in [-0.25, -0.2) is 13.2 Å². The number of carbonyl (C=O) groups is 2. The summed E-state index contributed by atoms with van der Waals surface area (Å²) in [5, 5.41) is 0. The fourth-order valence-corrected chi connectivity index (χ4v) is 4.71. The van der Waals surface area contributed by atoms with Crippen LogP contribution in [0.1, 0.15) is 23.2 Å². The van der Waals surface area contributed by atoms with Crippen molar-refractivity contribution in [3.05, 3.63) is 54.1 Å². The summed E-state index contributed by atoms with van der Waals surface area (Å²) in [6, 6.07) is 11.9. The van der Waals surface area contributed by atoms with Gasteiger partial charge in [0.25, 0.3) is 15.9 Å². The lowest BCUT2D eigenvalue weighted by Crippen LogP contribution is -2.41. The molecule has 1 saturated heterocycles. The van der Waals surface area contributed by atoms with E-state index in [1.165, 1.54) is 50.4 Å². The fraction of sp³-hybridized carbons (Fsp3) is 0.333. The standard InChI is InChI=1S/C21H24N2O6S/c1-22(17-7-4-5-9-19(17)28-2)30(26,27)16-12-10-15(11-13-16)20(24)23-14-6-8-18(23)21(25)29-3/h4-5,7,9-13,18H,6,8,14H2,1-3H3. The number of esters is 1. The lowest BCUT2D eigenvalue weighted by Gasteiger charge is -2.23. The zero-order valence-corrected chi connectivity index (χ0v) is 17.9. The maximum atomic E-state index is 13.0. The van der Waals surface area contributed by atoms with Crippen LogP contribution in [0.2, 0.25) is 0 Å². The highest BCUT2D eigenvalue weighted by Gasteiger charge is 2.35. The highest BCUT2D eigenvalue weighted by molar-refractivity contribution is 7.92. The normalized spacial score (nSPS) is 16.2. The number of ether oxygens (including phenoxy) is 2. The Labute approximate surface area is 176 Å². The van der Waals surface area contributed by atoms with Crippen molar-refractivity contribution >= 4 is 27.6 Å². The fourth-order valence-electron chi connectivity index (χ4n) is 3.50. The number of para-hydroxylation sites is 2. The van der Waals surface area contributed by atoms with Gasteiger partial charge in [-0.2, -0.15) is 0 Å². The molecule has 0 spiro atoms. The molecule has 9 heteroatoms. The molecule has 0 aromatic heterocycles. The Kier molecular flexibility index (Phi) is 6.31. The second-order valence-corrected chi connectivity index (χ2v) is 8.82. The van der Waals surface area contributed by atoms with Gasteiger partial charge < -0.3 is 14.4 Å². The van der Waals surface area contributed by atoms with Crippen LogP contribution in [-0.2, 0) is 19.6 Å². The Hall–Kier alpha value is -3.07. The molecule has 0 saturated carbocycles. The van der Waals surface area contributed by atoms with Crippen LogP contribution in [0.25, 0.3) is 0 Å². The van der Waals surface area contributed by atoms with E-state index < -0.39 is 22.0 Å². The summed E-state index contributed by atoms with van der Waals surface area (Å²) in [5.74, 6) is -0.346. The van der Waals surface area contributed by atoms with E-state index in [0.717, 1.165) is 4.31 Å². The number of likely N-dealkylation sites (tertiary alicyclic amines) is 1. The molecule has 1 heterocycles. The molecule has 1 amide bonds. The first-order valence-electron chi connectivity index (χ1n) is 9.42. The van der Waals surface area contributed by atoms with Gasteiger partial charge >= 0.3 is 5.97 Å². The van der Waals surface area contributed by atoms with Gasteiger partial charge in [0.2, 0.25) is 0 Å². The maximum absolute atomic E-state index is 13.0. The number of amides is 1. The summed E-state index contributed by atoms with van der Waals surface area (Å²) < 4.78 is 37.2. The third-order valence-corrected chi connectivity index (χ3v) is 6.96. The van der Waals surface area contributed by atoms with Gasteiger partial charge in [0.15, 0.2) is 0 Å². The van der Waals surface area contributed by atoms with E-state index in [4.69, 9.17) is 9.47 Å². The molecule has 1 aliphatic rings. The first-order chi connectivity index (χ1) is 14.3. The van der Waals surface area contributed by atoms with Gasteiger partial charge in [-0.3, -0.25) is 9.10 Å². The average Bonchev–Trinajstić information content (AvgIpc) is 3.27. The quantitative estimate of drug-likeness (QED) is 0.651. The highest BCUT2D eigenvalue weighted by Crippen LogP contribution is 2.31. The topological polar surface area (TPSA) is 93.2 Å². The molecule has 3 rings (SSSR count). The van der Waals surface area contributed by atoms with Crippen molar-refractivity contribution in [1.82, 2.24) is 4.90 Å². The molecule has 0 bridgehead atoms. The molecule has 0 radical (unpaired) electrons. The molecule has 2 aromatic rings. The lowest BCUT2D eigenvalue weighted by atomic mass is 10.1. The molecule has 1 unspecified atom stereocenters. The van der Waals surface area contributed by atoms with Gasteiger partial charge in [0.05, 0.1) is 24.8 Å². The van der Waals surface area contributed by atoms with Crippen molar-refractivity contribution < 1.29 is 27.5 Å². The summed E-state index contributed by atoms with van der Waals surface area (Å²) in [5.41, 5.74) is 0.711. The van der Waals surface area contributed by atoms with E-state index in [0.29, 0.717) is 36.4 Å². The van der Waals surface area contributed by atoms with E-state index >= 15 is 0 Å². The molecule has 1 aliphatic heterocycles. The zero-order chi connectivity index (χ0) is 21.9. The Morgan fingerprint density at radius 1 is 1.07 bits per heavy atom. The van der Waals surface area contributed by atoms with Crippen LogP contribution < -0.4 is 9.04 Å². The van der Waals surface area contributed by atoms with Crippen LogP contribution in [0.4, 0.5) is 5.69 Å². The molecule has 2 aromatic carbocycles. The summed E-state index contributed by atoms with van der Waals surface area (Å²) in [7, 11) is 0.347. The van der Waals surface area contributed by atoms with Crippen LogP contribution in [0.5, 0.6) is 5.75 Å². The van der Waals surface area contributed by atoms with Gasteiger partial charge in [-0.05, 0) is 49.2 Å². The molecule has 30 heavy (non-hydrogen) atoms. The van der Waals surface area contributed by atoms with Crippen molar-refractivity contribution in [3.8, 4) is 5.75 Å². The van der Waals surface area contributed by atoms with E-state index in [-0.39, 0.29) is 10.8 Å². The van der Waals surface area contributed by atoms with E-state index in [1.807, 2.05) is 0 Å². The van der Waals surface area contributed by atoms with Gasteiger partial charge in [0.1, 0.15) is 11.8 Å². The highest BCUT2D eigenvalue weighted by atomic mass is 32.2. The predicted octanol–water partition coefficient (Wildman–Crippen LogP) is 2.30. The first-order valence-corrected chi connectivity index (χ1v) is 10.9. The Morgan fingerprint density at radius 2 is 1.73 bits per heavy atom. The largest absolute Gasteiger partial charge is 0.495 e. The first kappa shape index (κ1) is 21.6. The van der Waals surface area contributed by atoms with Crippen molar-refractivity contribution in [2.24, 2.45) is 0 Å². The van der Waals surface area contributed by atoms with Crippen molar-refractivity contribution in [3.63, 3.8) is 0 Å². The Bertz CT molecular complexity index is 1040. The minimum atomic E-state index is -3.86. The zero-order valence-electron chi connectivity index (χ0n) is 17.1. The Balaban J connectivity index is 1.84. The molecule has 0 N–H and O–H groups in total. The number of rotatable bonds is 6. The second-order valence-electron chi connectivity index (χ2n) is 6.85. The maximum Gasteiger partial charge on any atom is 0.328 e. The molecular formula is C21H24N2O6S. The molecule has 1 fully saturated rings. The number of anilines is 1. The number of carbonyl (C=O) groups excluding carboxylic acids is 2. The van der Waals surface area contributed by atoms with Crippen LogP contribution in [-0.4, -0.2) is 59.0 Å². The van der Waals surface area contributed by atoms with Gasteiger partial charge in [0, 0.05) is 19.2 Å². The molecule has 8 nitrogen and oxygen atoms in total. The summed E-state index contributed by atoms with van der Waals surface area (Å²) in [6.07, 6.45) is 1.26. The third kappa shape index (κ3) is 3.97. The molecule has 0 aliphatic carbocycles. The average molecular weight is 432 g/mol. The van der Waals surface area contributed by atoms with Crippen LogP contribution in [0, 0.1) is 0 Å². The summed E-state index contributed by atoms with van der Waals surface area (Å²) >= 11 is 0. The van der Waals surface area contributed by atoms with Crippen LogP contribution >= 0.6 is 0 Å². The molecule has 1 atom stereocenters. The smallest absolute Gasteiger partial charge is 0.328 e. The lowest BCUT2D eigenvalue weighted by molar-refractivity contribution is -0.145. The minimum absolute atomic E-state index is 0.0402. The Morgan fingerprint density at radius 3 is 2.37 bits per heavy atom. The van der Waals surface area contributed by atoms with Crippen LogP contribution in [0.3, 0.4) is 0 Å². The van der Waals surface area contributed by atoms with Crippen molar-refractivity contribution in [2.75, 3.05) is 32.1 Å². The number of nitrogens with zero attached hydrogens (tertiary/aromatic N) is 2. The third-order valence-electron chi connectivity index (χ3n) is 5.17. The summed E-state index contributed by atoms with van der Waals surface area (Å²) in [4.78, 5) is 26.2. The number of benzene rings is 2. The minimum Gasteiger partial charge on any atom is -0.495 e. The number of hydrogen-bond acceptors (Lipinski definition) is 6. The second kappa shape index (κ2) is 8.74. The number of hydrogen-bond donors (Lipinski definition) is 0. The van der Waals surface area contributed by atoms with Crippen LogP contribution in [0.15, 0.2) is 53.4 Å². The van der Waals surface area contributed by atoms with E-state index in [1.54, 1.807) is 24.3 Å². The van der Waals surface area contributed by atoms with Crippen molar-refractivity contribution in [1.29, 1.82) is 0 Å². The molecule has 160 valence electrons.